The molecule has 2 aromatic heterocycles. The van der Waals surface area contributed by atoms with Gasteiger partial charge in [-0.3, -0.25) is 9.97 Å². The molecule has 0 aliphatic carbocycles. The summed E-state index contributed by atoms with van der Waals surface area (Å²) in [5, 5.41) is 0.861. The van der Waals surface area contributed by atoms with Gasteiger partial charge in [-0.15, -0.1) is 0 Å². The lowest BCUT2D eigenvalue weighted by Gasteiger charge is -2.24. The fourth-order valence-corrected chi connectivity index (χ4v) is 5.76. The predicted octanol–water partition coefficient (Wildman–Crippen LogP) is 6.31. The molecule has 39 heavy (non-hydrogen) atoms. The number of hydrogen-bond donors (Lipinski definition) is 0. The summed E-state index contributed by atoms with van der Waals surface area (Å²) in [5.41, 5.74) is 6.79. The maximum absolute atomic E-state index is 12.7. The van der Waals surface area contributed by atoms with E-state index in [0.29, 0.717) is 5.56 Å². The first-order chi connectivity index (χ1) is 18.4. The molecule has 0 bridgehead atoms. The average Bonchev–Trinajstić information content (AvgIpc) is 2.91. The zero-order valence-electron chi connectivity index (χ0n) is 22.1. The maximum atomic E-state index is 12.7. The molecule has 0 unspecified atom stereocenters. The van der Waals surface area contributed by atoms with Gasteiger partial charge in [0.2, 0.25) is 0 Å². The van der Waals surface area contributed by atoms with Crippen LogP contribution in [0.3, 0.4) is 0 Å². The lowest BCUT2D eigenvalue weighted by atomic mass is 9.91. The molecule has 5 rings (SSSR count). The quantitative estimate of drug-likeness (QED) is 0.243. The highest BCUT2D eigenvalue weighted by Gasteiger charge is 2.33. The highest BCUT2D eigenvalue weighted by atomic mass is 32.2. The molecule has 0 aliphatic rings. The van der Waals surface area contributed by atoms with Crippen molar-refractivity contribution < 1.29 is 16.8 Å². The molecule has 0 amide bonds. The highest BCUT2D eigenvalue weighted by molar-refractivity contribution is 7.91. The van der Waals surface area contributed by atoms with Gasteiger partial charge >= 0.3 is 0 Å². The summed E-state index contributed by atoms with van der Waals surface area (Å²) in [6.07, 6.45) is 7.68. The van der Waals surface area contributed by atoms with E-state index in [-0.39, 0.29) is 4.90 Å². The van der Waals surface area contributed by atoms with Crippen molar-refractivity contribution in [2.75, 3.05) is 12.5 Å². The van der Waals surface area contributed by atoms with Gasteiger partial charge in [0.15, 0.2) is 19.7 Å². The lowest BCUT2D eigenvalue weighted by molar-refractivity contribution is 0.561. The van der Waals surface area contributed by atoms with Crippen LogP contribution in [0.5, 0.6) is 0 Å². The second kappa shape index (κ2) is 9.70. The van der Waals surface area contributed by atoms with Crippen molar-refractivity contribution >= 4 is 30.6 Å². The summed E-state index contributed by atoms with van der Waals surface area (Å²) in [6.45, 7) is 3.44. The standard InChI is InChI=1S/C31H28N2O4S2/c1-31(2,39(4,36)37)25-18-24-9-6-15-33-30(24)28(19-25)22-7-5-8-23(17-22)29-20-32-16-14-27(29)21-10-12-26(13-11-21)38(3,34)35/h5-20H,1-4H3. The Morgan fingerprint density at radius 1 is 0.667 bits per heavy atom. The Kier molecular flexibility index (Phi) is 6.64. The van der Waals surface area contributed by atoms with Gasteiger partial charge in [0.1, 0.15) is 0 Å². The van der Waals surface area contributed by atoms with Gasteiger partial charge in [-0.25, -0.2) is 16.8 Å². The van der Waals surface area contributed by atoms with Crippen LogP contribution in [0.1, 0.15) is 19.4 Å². The number of sulfone groups is 2. The number of benzene rings is 3. The molecule has 0 spiro atoms. The van der Waals surface area contributed by atoms with Gasteiger partial charge < -0.3 is 0 Å². The van der Waals surface area contributed by atoms with Crippen molar-refractivity contribution in [3.8, 4) is 33.4 Å². The highest BCUT2D eigenvalue weighted by Crippen LogP contribution is 2.38. The van der Waals surface area contributed by atoms with E-state index in [4.69, 9.17) is 0 Å². The first kappa shape index (κ1) is 26.7. The fraction of sp³-hybridized carbons (Fsp3) is 0.161. The van der Waals surface area contributed by atoms with Gasteiger partial charge in [0.25, 0.3) is 0 Å². The van der Waals surface area contributed by atoms with Crippen molar-refractivity contribution in [1.29, 1.82) is 0 Å². The Labute approximate surface area is 229 Å². The molecule has 8 heteroatoms. The topological polar surface area (TPSA) is 94.1 Å². The Hall–Kier alpha value is -3.88. The van der Waals surface area contributed by atoms with Gasteiger partial charge in [-0.2, -0.15) is 0 Å². The van der Waals surface area contributed by atoms with Gasteiger partial charge in [0, 0.05) is 47.6 Å². The smallest absolute Gasteiger partial charge is 0.175 e. The van der Waals surface area contributed by atoms with Crippen LogP contribution in [0.15, 0.2) is 102 Å². The third kappa shape index (κ3) is 5.10. The van der Waals surface area contributed by atoms with E-state index in [2.05, 4.69) is 9.97 Å². The summed E-state index contributed by atoms with van der Waals surface area (Å²) in [7, 11) is -6.69. The second-order valence-electron chi connectivity index (χ2n) is 10.2. The summed E-state index contributed by atoms with van der Waals surface area (Å²) in [6, 6.07) is 24.3. The Bertz CT molecular complexity index is 1930. The molecule has 0 radical (unpaired) electrons. The summed E-state index contributed by atoms with van der Waals surface area (Å²) < 4.78 is 48.1. The monoisotopic (exact) mass is 556 g/mol. The number of pyridine rings is 2. The van der Waals surface area contributed by atoms with Crippen LogP contribution in [-0.2, 0) is 24.4 Å². The number of rotatable bonds is 6. The molecule has 0 aliphatic heterocycles. The summed E-state index contributed by atoms with van der Waals surface area (Å²) >= 11 is 0. The third-order valence-electron chi connectivity index (χ3n) is 7.23. The third-order valence-corrected chi connectivity index (χ3v) is 10.4. The molecule has 0 fully saturated rings. The Morgan fingerprint density at radius 2 is 1.36 bits per heavy atom. The van der Waals surface area contributed by atoms with Crippen LogP contribution in [-0.4, -0.2) is 39.3 Å². The fourth-order valence-electron chi connectivity index (χ4n) is 4.59. The molecule has 0 atom stereocenters. The SMILES string of the molecule is CC(C)(c1cc(-c2cccc(-c3cnccc3-c3ccc(S(C)(=O)=O)cc3)c2)c2ncccc2c1)S(C)(=O)=O. The normalized spacial score (nSPS) is 12.5. The minimum absolute atomic E-state index is 0.264. The first-order valence-corrected chi connectivity index (χ1v) is 16.1. The van der Waals surface area contributed by atoms with Crippen molar-refractivity contribution in [1.82, 2.24) is 9.97 Å². The van der Waals surface area contributed by atoms with Crippen LogP contribution in [0.4, 0.5) is 0 Å². The van der Waals surface area contributed by atoms with E-state index in [1.807, 2.05) is 54.6 Å². The summed E-state index contributed by atoms with van der Waals surface area (Å²) in [4.78, 5) is 9.25. The molecular formula is C31H28N2O4S2. The largest absolute Gasteiger partial charge is 0.264 e. The number of aromatic nitrogens is 2. The van der Waals surface area contributed by atoms with Crippen molar-refractivity contribution in [2.45, 2.75) is 23.5 Å². The van der Waals surface area contributed by atoms with Crippen LogP contribution in [0.2, 0.25) is 0 Å². The molecule has 5 aromatic rings. The van der Waals surface area contributed by atoms with Crippen molar-refractivity contribution in [3.05, 3.63) is 103 Å². The second-order valence-corrected chi connectivity index (χ2v) is 14.8. The van der Waals surface area contributed by atoms with E-state index in [1.54, 1.807) is 56.7 Å². The lowest BCUT2D eigenvalue weighted by Crippen LogP contribution is -2.28. The number of nitrogens with zero attached hydrogens (tertiary/aromatic N) is 2. The Morgan fingerprint density at radius 3 is 2.03 bits per heavy atom. The van der Waals surface area contributed by atoms with Crippen LogP contribution in [0.25, 0.3) is 44.3 Å². The van der Waals surface area contributed by atoms with E-state index in [9.17, 15) is 16.8 Å². The molecule has 0 saturated carbocycles. The van der Waals surface area contributed by atoms with Crippen LogP contribution in [0, 0.1) is 0 Å². The number of hydrogen-bond acceptors (Lipinski definition) is 6. The maximum Gasteiger partial charge on any atom is 0.175 e. The van der Waals surface area contributed by atoms with E-state index in [0.717, 1.165) is 44.3 Å². The van der Waals surface area contributed by atoms with Crippen LogP contribution < -0.4 is 0 Å². The average molecular weight is 557 g/mol. The van der Waals surface area contributed by atoms with Gasteiger partial charge in [-0.05, 0) is 84.1 Å². The zero-order chi connectivity index (χ0) is 28.0. The molecule has 3 aromatic carbocycles. The molecule has 198 valence electrons. The molecular weight excluding hydrogens is 528 g/mol. The molecule has 0 saturated heterocycles. The van der Waals surface area contributed by atoms with E-state index in [1.165, 1.54) is 12.5 Å². The molecule has 0 N–H and O–H groups in total. The summed E-state index contributed by atoms with van der Waals surface area (Å²) in [5.74, 6) is 0. The van der Waals surface area contributed by atoms with E-state index < -0.39 is 24.4 Å². The van der Waals surface area contributed by atoms with E-state index >= 15 is 0 Å². The zero-order valence-corrected chi connectivity index (χ0v) is 23.7. The van der Waals surface area contributed by atoms with Crippen molar-refractivity contribution in [2.24, 2.45) is 0 Å². The van der Waals surface area contributed by atoms with Gasteiger partial charge in [0.05, 0.1) is 15.2 Å². The minimum atomic E-state index is -3.39. The Balaban J connectivity index is 1.67. The van der Waals surface area contributed by atoms with Gasteiger partial charge in [-0.1, -0.05) is 36.4 Å². The first-order valence-electron chi connectivity index (χ1n) is 12.3. The molecule has 2 heterocycles. The van der Waals surface area contributed by atoms with Crippen LogP contribution >= 0.6 is 0 Å². The molecule has 6 nitrogen and oxygen atoms in total. The number of fused-ring (bicyclic) bond motifs is 1. The van der Waals surface area contributed by atoms with Crippen molar-refractivity contribution in [3.63, 3.8) is 0 Å². The predicted molar refractivity (Wildman–Crippen MR) is 157 cm³/mol. The minimum Gasteiger partial charge on any atom is -0.264 e.